The minimum Gasteiger partial charge on any atom is -0.0993 e. The molecule has 0 amide bonds. The van der Waals surface area contributed by atoms with E-state index in [-0.39, 0.29) is 0 Å². The molecule has 0 N–H and O–H groups in total. The van der Waals surface area contributed by atoms with Crippen molar-refractivity contribution in [1.82, 2.24) is 0 Å². The molecule has 2 aromatic carbocycles. The van der Waals surface area contributed by atoms with E-state index in [0.29, 0.717) is 11.8 Å². The first-order valence-electron chi connectivity index (χ1n) is 9.39. The Kier molecular flexibility index (Phi) is 5.23. The molecular weight excluding hydrogens is 288 g/mol. The summed E-state index contributed by atoms with van der Waals surface area (Å²) in [6.07, 6.45) is 3.76. The molecule has 3 unspecified atom stereocenters. The second-order valence-electron chi connectivity index (χ2n) is 7.83. The minimum absolute atomic E-state index is 0.655. The van der Waals surface area contributed by atoms with Crippen LogP contribution in [0.4, 0.5) is 0 Å². The molecule has 24 heavy (non-hydrogen) atoms. The lowest BCUT2D eigenvalue weighted by Crippen LogP contribution is -2.17. The fraction of sp³-hybridized carbons (Fsp3) is 0.417. The van der Waals surface area contributed by atoms with Gasteiger partial charge in [0.15, 0.2) is 0 Å². The molecule has 0 aliphatic heterocycles. The average molecular weight is 319 g/mol. The molecule has 3 rings (SSSR count). The van der Waals surface area contributed by atoms with Crippen LogP contribution in [-0.4, -0.2) is 0 Å². The standard InChI is InChI=1S/C24H30/c1-17(2)18(3)24-14-13-22(19(24)4)15-20-9-8-12-23(16-20)21-10-6-5-7-11-21/h5-12,16-18,22,24H,4,13-15H2,1-3H3. The summed E-state index contributed by atoms with van der Waals surface area (Å²) in [5, 5.41) is 0. The van der Waals surface area contributed by atoms with Gasteiger partial charge in [0.1, 0.15) is 0 Å². The maximum atomic E-state index is 4.50. The van der Waals surface area contributed by atoms with Crippen LogP contribution in [0.3, 0.4) is 0 Å². The Bertz CT molecular complexity index is 680. The third-order valence-electron chi connectivity index (χ3n) is 6.03. The highest BCUT2D eigenvalue weighted by Gasteiger charge is 2.33. The van der Waals surface area contributed by atoms with E-state index < -0.39 is 0 Å². The molecule has 1 aliphatic rings. The average Bonchev–Trinajstić information content (AvgIpc) is 2.96. The van der Waals surface area contributed by atoms with Crippen LogP contribution in [-0.2, 0) is 6.42 Å². The van der Waals surface area contributed by atoms with E-state index in [4.69, 9.17) is 0 Å². The highest BCUT2D eigenvalue weighted by atomic mass is 14.4. The number of allylic oxidation sites excluding steroid dienone is 1. The molecular formula is C24H30. The lowest BCUT2D eigenvalue weighted by atomic mass is 9.80. The van der Waals surface area contributed by atoms with Gasteiger partial charge in [-0.1, -0.05) is 87.5 Å². The molecule has 1 aliphatic carbocycles. The van der Waals surface area contributed by atoms with Gasteiger partial charge in [-0.2, -0.15) is 0 Å². The molecule has 0 bridgehead atoms. The lowest BCUT2D eigenvalue weighted by molar-refractivity contribution is 0.316. The molecule has 0 saturated heterocycles. The highest BCUT2D eigenvalue weighted by molar-refractivity contribution is 5.64. The predicted octanol–water partition coefficient (Wildman–Crippen LogP) is 6.77. The summed E-state index contributed by atoms with van der Waals surface area (Å²) in [7, 11) is 0. The maximum Gasteiger partial charge on any atom is -0.0162 e. The molecule has 3 atom stereocenters. The summed E-state index contributed by atoms with van der Waals surface area (Å²) in [5.74, 6) is 2.86. The van der Waals surface area contributed by atoms with Crippen molar-refractivity contribution in [2.45, 2.75) is 40.0 Å². The lowest BCUT2D eigenvalue weighted by Gasteiger charge is -2.25. The van der Waals surface area contributed by atoms with Crippen LogP contribution in [0.5, 0.6) is 0 Å². The van der Waals surface area contributed by atoms with Crippen LogP contribution in [0.25, 0.3) is 11.1 Å². The fourth-order valence-corrected chi connectivity index (χ4v) is 4.15. The van der Waals surface area contributed by atoms with Gasteiger partial charge in [0.25, 0.3) is 0 Å². The van der Waals surface area contributed by atoms with Crippen molar-refractivity contribution in [1.29, 1.82) is 0 Å². The zero-order chi connectivity index (χ0) is 17.1. The second kappa shape index (κ2) is 7.38. The van der Waals surface area contributed by atoms with Gasteiger partial charge in [0.2, 0.25) is 0 Å². The Morgan fingerprint density at radius 3 is 2.33 bits per heavy atom. The molecule has 126 valence electrons. The van der Waals surface area contributed by atoms with Gasteiger partial charge in [0.05, 0.1) is 0 Å². The topological polar surface area (TPSA) is 0 Å². The Labute approximate surface area is 147 Å². The van der Waals surface area contributed by atoms with Gasteiger partial charge in [-0.15, -0.1) is 0 Å². The monoisotopic (exact) mass is 318 g/mol. The van der Waals surface area contributed by atoms with Crippen molar-refractivity contribution >= 4 is 0 Å². The number of hydrogen-bond acceptors (Lipinski definition) is 0. The number of rotatable bonds is 5. The Hall–Kier alpha value is -1.82. The summed E-state index contributed by atoms with van der Waals surface area (Å²) in [5.41, 5.74) is 5.57. The zero-order valence-electron chi connectivity index (χ0n) is 15.3. The summed E-state index contributed by atoms with van der Waals surface area (Å²) in [4.78, 5) is 0. The van der Waals surface area contributed by atoms with E-state index in [0.717, 1.165) is 18.3 Å². The van der Waals surface area contributed by atoms with Crippen LogP contribution in [0.1, 0.15) is 39.2 Å². The maximum absolute atomic E-state index is 4.50. The molecule has 1 fully saturated rings. The van der Waals surface area contributed by atoms with Crippen molar-refractivity contribution in [3.8, 4) is 11.1 Å². The van der Waals surface area contributed by atoms with E-state index >= 15 is 0 Å². The molecule has 0 heteroatoms. The Balaban J connectivity index is 1.72. The Morgan fingerprint density at radius 1 is 0.917 bits per heavy atom. The minimum atomic E-state index is 0.655. The molecule has 0 nitrogen and oxygen atoms in total. The van der Waals surface area contributed by atoms with E-state index in [2.05, 4.69) is 81.9 Å². The first-order chi connectivity index (χ1) is 11.6. The summed E-state index contributed by atoms with van der Waals surface area (Å²) in [6.45, 7) is 11.6. The third kappa shape index (κ3) is 3.64. The van der Waals surface area contributed by atoms with Crippen molar-refractivity contribution in [2.75, 3.05) is 0 Å². The zero-order valence-corrected chi connectivity index (χ0v) is 15.3. The van der Waals surface area contributed by atoms with Crippen LogP contribution in [0.2, 0.25) is 0 Å². The van der Waals surface area contributed by atoms with Crippen LogP contribution in [0.15, 0.2) is 66.7 Å². The van der Waals surface area contributed by atoms with Crippen molar-refractivity contribution in [2.24, 2.45) is 23.7 Å². The highest BCUT2D eigenvalue weighted by Crippen LogP contribution is 2.43. The normalized spacial score (nSPS) is 22.1. The quantitative estimate of drug-likeness (QED) is 0.534. The Morgan fingerprint density at radius 2 is 1.62 bits per heavy atom. The number of hydrogen-bond donors (Lipinski definition) is 0. The molecule has 2 aromatic rings. The first kappa shape index (κ1) is 17.0. The van der Waals surface area contributed by atoms with Gasteiger partial charge in [-0.3, -0.25) is 0 Å². The van der Waals surface area contributed by atoms with E-state index in [1.54, 1.807) is 0 Å². The van der Waals surface area contributed by atoms with Crippen molar-refractivity contribution in [3.63, 3.8) is 0 Å². The van der Waals surface area contributed by atoms with E-state index in [9.17, 15) is 0 Å². The third-order valence-corrected chi connectivity index (χ3v) is 6.03. The van der Waals surface area contributed by atoms with Crippen LogP contribution >= 0.6 is 0 Å². The van der Waals surface area contributed by atoms with Gasteiger partial charge in [-0.05, 0) is 59.6 Å². The van der Waals surface area contributed by atoms with Gasteiger partial charge in [0, 0.05) is 0 Å². The fourth-order valence-electron chi connectivity index (χ4n) is 4.15. The van der Waals surface area contributed by atoms with E-state index in [1.807, 2.05) is 0 Å². The molecule has 0 radical (unpaired) electrons. The van der Waals surface area contributed by atoms with E-state index in [1.165, 1.54) is 35.1 Å². The second-order valence-corrected chi connectivity index (χ2v) is 7.83. The van der Waals surface area contributed by atoms with Crippen LogP contribution < -0.4 is 0 Å². The van der Waals surface area contributed by atoms with Gasteiger partial charge < -0.3 is 0 Å². The molecule has 1 saturated carbocycles. The van der Waals surface area contributed by atoms with Crippen molar-refractivity contribution < 1.29 is 0 Å². The molecule has 0 heterocycles. The first-order valence-corrected chi connectivity index (χ1v) is 9.39. The van der Waals surface area contributed by atoms with Crippen LogP contribution in [0, 0.1) is 23.7 Å². The summed E-state index contributed by atoms with van der Waals surface area (Å²) in [6, 6.07) is 19.7. The van der Waals surface area contributed by atoms with Gasteiger partial charge in [-0.25, -0.2) is 0 Å². The smallest absolute Gasteiger partial charge is 0.0162 e. The molecule has 0 spiro atoms. The van der Waals surface area contributed by atoms with Gasteiger partial charge >= 0.3 is 0 Å². The van der Waals surface area contributed by atoms with Crippen molar-refractivity contribution in [3.05, 3.63) is 72.3 Å². The largest absolute Gasteiger partial charge is 0.0993 e. The molecule has 0 aromatic heterocycles. The summed E-state index contributed by atoms with van der Waals surface area (Å²) < 4.78 is 0. The predicted molar refractivity (Wildman–Crippen MR) is 105 cm³/mol. The SMILES string of the molecule is C=C1C(Cc2cccc(-c3ccccc3)c2)CCC1C(C)C(C)C. The summed E-state index contributed by atoms with van der Waals surface area (Å²) >= 11 is 0. The number of benzene rings is 2.